The van der Waals surface area contributed by atoms with E-state index in [1.807, 2.05) is 18.2 Å². The van der Waals surface area contributed by atoms with Gasteiger partial charge in [0.1, 0.15) is 11.6 Å². The highest BCUT2D eigenvalue weighted by Gasteiger charge is 2.16. The summed E-state index contributed by atoms with van der Waals surface area (Å²) in [5.41, 5.74) is 0.908. The van der Waals surface area contributed by atoms with E-state index in [9.17, 15) is 4.79 Å². The van der Waals surface area contributed by atoms with Crippen LogP contribution in [0.2, 0.25) is 0 Å². The molecule has 7 heteroatoms. The van der Waals surface area contributed by atoms with Crippen LogP contribution in [0.4, 0.5) is 0 Å². The fraction of sp³-hybridized carbons (Fsp3) is 0.412. The van der Waals surface area contributed by atoms with Gasteiger partial charge in [0, 0.05) is 25.9 Å². The molecule has 2 aliphatic rings. The first kappa shape index (κ1) is 16.1. The smallest absolute Gasteiger partial charge is 0.263 e. The highest BCUT2D eigenvalue weighted by molar-refractivity contribution is 5.97. The van der Waals surface area contributed by atoms with Crippen molar-refractivity contribution < 1.29 is 19.0 Å². The van der Waals surface area contributed by atoms with Gasteiger partial charge in [0.25, 0.3) is 5.91 Å². The van der Waals surface area contributed by atoms with Gasteiger partial charge in [0.05, 0.1) is 6.10 Å². The lowest BCUT2D eigenvalue weighted by molar-refractivity contribution is -0.117. The zero-order chi connectivity index (χ0) is 16.8. The molecule has 0 saturated carbocycles. The molecule has 1 aromatic rings. The predicted octanol–water partition coefficient (Wildman–Crippen LogP) is 1.21. The second kappa shape index (κ2) is 7.70. The van der Waals surface area contributed by atoms with Crippen molar-refractivity contribution in [3.05, 3.63) is 35.5 Å². The first-order valence-corrected chi connectivity index (χ1v) is 7.88. The second-order valence-electron chi connectivity index (χ2n) is 5.58. The summed E-state index contributed by atoms with van der Waals surface area (Å²) in [6.07, 6.45) is 3.64. The zero-order valence-corrected chi connectivity index (χ0v) is 13.2. The van der Waals surface area contributed by atoms with Gasteiger partial charge in [-0.05, 0) is 30.5 Å². The van der Waals surface area contributed by atoms with Gasteiger partial charge in [-0.3, -0.25) is 4.79 Å². The number of fused-ring (bicyclic) bond motifs is 1. The highest BCUT2D eigenvalue weighted by Crippen LogP contribution is 2.32. The van der Waals surface area contributed by atoms with Gasteiger partial charge in [-0.25, -0.2) is 0 Å². The summed E-state index contributed by atoms with van der Waals surface area (Å²) in [6.45, 7) is 1.89. The molecule has 2 heterocycles. The molecule has 1 saturated heterocycles. The van der Waals surface area contributed by atoms with E-state index in [1.54, 1.807) is 6.07 Å². The van der Waals surface area contributed by atoms with E-state index in [0.717, 1.165) is 25.0 Å². The van der Waals surface area contributed by atoms with Crippen molar-refractivity contribution in [1.29, 1.82) is 5.26 Å². The number of carbonyl (C=O) groups excluding carboxylic acids is 1. The Labute approximate surface area is 140 Å². The topological polar surface area (TPSA) is 92.6 Å². The molecule has 0 bridgehead atoms. The summed E-state index contributed by atoms with van der Waals surface area (Å²) in [5, 5.41) is 14.8. The Hall–Kier alpha value is -2.72. The molecule has 2 N–H and O–H groups in total. The molecule has 1 fully saturated rings. The molecule has 0 aliphatic carbocycles. The first-order chi connectivity index (χ1) is 11.8. The van der Waals surface area contributed by atoms with Crippen LogP contribution in [0.1, 0.15) is 18.4 Å². The lowest BCUT2D eigenvalue weighted by Crippen LogP contribution is -2.27. The lowest BCUT2D eigenvalue weighted by Gasteiger charge is -2.09. The van der Waals surface area contributed by atoms with Crippen molar-refractivity contribution >= 4 is 5.91 Å². The molecule has 126 valence electrons. The average molecular weight is 329 g/mol. The third-order valence-electron chi connectivity index (χ3n) is 3.87. The van der Waals surface area contributed by atoms with Crippen molar-refractivity contribution in [3.63, 3.8) is 0 Å². The van der Waals surface area contributed by atoms with Crippen molar-refractivity contribution in [2.45, 2.75) is 25.5 Å². The molecule has 1 amide bonds. The van der Waals surface area contributed by atoms with Crippen LogP contribution in [-0.2, 0) is 16.1 Å². The number of rotatable bonds is 6. The highest BCUT2D eigenvalue weighted by atomic mass is 16.7. The van der Waals surface area contributed by atoms with E-state index < -0.39 is 5.91 Å². The Morgan fingerprint density at radius 2 is 2.25 bits per heavy atom. The maximum absolute atomic E-state index is 12.1. The molecule has 1 unspecified atom stereocenters. The largest absolute Gasteiger partial charge is 0.454 e. The van der Waals surface area contributed by atoms with E-state index in [2.05, 4.69) is 10.6 Å². The minimum Gasteiger partial charge on any atom is -0.454 e. The average Bonchev–Trinajstić information content (AvgIpc) is 3.27. The van der Waals surface area contributed by atoms with Gasteiger partial charge in [-0.15, -0.1) is 0 Å². The number of benzene rings is 1. The van der Waals surface area contributed by atoms with Crippen molar-refractivity contribution in [3.8, 4) is 17.6 Å². The van der Waals surface area contributed by atoms with Gasteiger partial charge in [-0.2, -0.15) is 5.26 Å². The summed E-state index contributed by atoms with van der Waals surface area (Å²) in [5.74, 6) is 0.937. The molecule has 1 atom stereocenters. The third kappa shape index (κ3) is 3.97. The SMILES string of the molecule is N#C/C(=C/NCC1CCCO1)C(=O)NCc1ccc2c(c1)OCO2. The number of nitrogens with one attached hydrogen (secondary N) is 2. The van der Waals surface area contributed by atoms with Crippen LogP contribution >= 0.6 is 0 Å². The summed E-state index contributed by atoms with van der Waals surface area (Å²) in [7, 11) is 0. The summed E-state index contributed by atoms with van der Waals surface area (Å²) in [4.78, 5) is 12.1. The van der Waals surface area contributed by atoms with Gasteiger partial charge in [0.2, 0.25) is 6.79 Å². The van der Waals surface area contributed by atoms with Gasteiger partial charge in [0.15, 0.2) is 11.5 Å². The Kier molecular flexibility index (Phi) is 5.18. The monoisotopic (exact) mass is 329 g/mol. The minimum absolute atomic E-state index is 0.0359. The van der Waals surface area contributed by atoms with Crippen LogP contribution in [0.25, 0.3) is 0 Å². The maximum Gasteiger partial charge on any atom is 0.263 e. The molecule has 7 nitrogen and oxygen atoms in total. The fourth-order valence-corrected chi connectivity index (χ4v) is 2.57. The van der Waals surface area contributed by atoms with Crippen LogP contribution < -0.4 is 20.1 Å². The number of carbonyl (C=O) groups is 1. The van der Waals surface area contributed by atoms with Gasteiger partial charge in [-0.1, -0.05) is 6.07 Å². The van der Waals surface area contributed by atoms with Gasteiger partial charge >= 0.3 is 0 Å². The fourth-order valence-electron chi connectivity index (χ4n) is 2.57. The number of ether oxygens (including phenoxy) is 3. The summed E-state index contributed by atoms with van der Waals surface area (Å²) in [6, 6.07) is 7.37. The molecule has 3 rings (SSSR count). The van der Waals surface area contributed by atoms with E-state index in [4.69, 9.17) is 19.5 Å². The Morgan fingerprint density at radius 1 is 1.38 bits per heavy atom. The van der Waals surface area contributed by atoms with Crippen molar-refractivity contribution in [2.75, 3.05) is 19.9 Å². The molecule has 24 heavy (non-hydrogen) atoms. The summed E-state index contributed by atoms with van der Waals surface area (Å²) < 4.78 is 16.0. The first-order valence-electron chi connectivity index (χ1n) is 7.88. The van der Waals surface area contributed by atoms with Crippen LogP contribution in [0.15, 0.2) is 30.0 Å². The maximum atomic E-state index is 12.1. The van der Waals surface area contributed by atoms with Crippen LogP contribution in [0, 0.1) is 11.3 Å². The molecule has 0 spiro atoms. The number of nitrogens with zero attached hydrogens (tertiary/aromatic N) is 1. The number of hydrogen-bond acceptors (Lipinski definition) is 6. The molecule has 0 radical (unpaired) electrons. The van der Waals surface area contributed by atoms with E-state index in [0.29, 0.717) is 24.6 Å². The van der Waals surface area contributed by atoms with Crippen LogP contribution in [0.5, 0.6) is 11.5 Å². The van der Waals surface area contributed by atoms with E-state index in [-0.39, 0.29) is 18.5 Å². The zero-order valence-electron chi connectivity index (χ0n) is 13.2. The molecule has 2 aliphatic heterocycles. The molecule has 1 aromatic carbocycles. The predicted molar refractivity (Wildman–Crippen MR) is 85.1 cm³/mol. The molecule has 0 aromatic heterocycles. The number of nitriles is 1. The van der Waals surface area contributed by atoms with Crippen LogP contribution in [-0.4, -0.2) is 32.0 Å². The van der Waals surface area contributed by atoms with Gasteiger partial charge < -0.3 is 24.8 Å². The summed E-state index contributed by atoms with van der Waals surface area (Å²) >= 11 is 0. The Morgan fingerprint density at radius 3 is 3.04 bits per heavy atom. The van der Waals surface area contributed by atoms with E-state index >= 15 is 0 Å². The van der Waals surface area contributed by atoms with Crippen molar-refractivity contribution in [2.24, 2.45) is 0 Å². The number of hydrogen-bond donors (Lipinski definition) is 2. The standard InChI is InChI=1S/C17H19N3O4/c18-7-13(9-19-10-14-2-1-5-22-14)17(21)20-8-12-3-4-15-16(6-12)24-11-23-15/h3-4,6,9,14,19H,1-2,5,8,10-11H2,(H,20,21)/b13-9-. The number of amides is 1. The molecular weight excluding hydrogens is 310 g/mol. The normalized spacial score (nSPS) is 19.0. The second-order valence-corrected chi connectivity index (χ2v) is 5.58. The van der Waals surface area contributed by atoms with Crippen molar-refractivity contribution in [1.82, 2.24) is 10.6 Å². The quantitative estimate of drug-likeness (QED) is 0.602. The van der Waals surface area contributed by atoms with Crippen LogP contribution in [0.3, 0.4) is 0 Å². The Balaban J connectivity index is 1.49. The molecular formula is C17H19N3O4. The minimum atomic E-state index is -0.421. The lowest BCUT2D eigenvalue weighted by atomic mass is 10.2. The van der Waals surface area contributed by atoms with E-state index in [1.165, 1.54) is 6.20 Å². The Bertz CT molecular complexity index is 675. The third-order valence-corrected chi connectivity index (χ3v) is 3.87.